The number of benzene rings is 1. The fourth-order valence-electron chi connectivity index (χ4n) is 1.97. The minimum Gasteiger partial charge on any atom is -0.397 e. The number of amides is 1. The molecule has 0 saturated carbocycles. The molecular weight excluding hydrogens is 236 g/mol. The summed E-state index contributed by atoms with van der Waals surface area (Å²) in [5, 5.41) is 0.603. The third kappa shape index (κ3) is 2.09. The predicted octanol–water partition coefficient (Wildman–Crippen LogP) is 2.22. The first-order valence-corrected chi connectivity index (χ1v) is 5.73. The first-order valence-electron chi connectivity index (χ1n) is 5.35. The van der Waals surface area contributed by atoms with E-state index < -0.39 is 0 Å². The number of anilines is 2. The van der Waals surface area contributed by atoms with Gasteiger partial charge < -0.3 is 10.6 Å². The number of nitrogen functional groups attached to an aromatic ring is 1. The van der Waals surface area contributed by atoms with Gasteiger partial charge in [-0.1, -0.05) is 11.6 Å². The molecule has 4 heteroatoms. The van der Waals surface area contributed by atoms with Crippen LogP contribution in [-0.4, -0.2) is 12.5 Å². The molecule has 2 rings (SSSR count). The van der Waals surface area contributed by atoms with E-state index in [2.05, 4.69) is 5.92 Å². The monoisotopic (exact) mass is 248 g/mol. The lowest BCUT2D eigenvalue weighted by Gasteiger charge is -2.19. The minimum atomic E-state index is -0.0297. The van der Waals surface area contributed by atoms with Crippen LogP contribution in [0.3, 0.4) is 0 Å². The quantitative estimate of drug-likeness (QED) is 0.612. The summed E-state index contributed by atoms with van der Waals surface area (Å²) in [5.74, 6) is 2.60. The minimum absolute atomic E-state index is 0.0152. The average Bonchev–Trinajstić information content (AvgIpc) is 2.65. The highest BCUT2D eigenvalue weighted by molar-refractivity contribution is 6.31. The summed E-state index contributed by atoms with van der Waals surface area (Å²) < 4.78 is 0. The van der Waals surface area contributed by atoms with Crippen molar-refractivity contribution in [2.24, 2.45) is 5.92 Å². The Morgan fingerprint density at radius 3 is 2.88 bits per heavy atom. The third-order valence-electron chi connectivity index (χ3n) is 2.96. The molecule has 0 radical (unpaired) electrons. The Kier molecular flexibility index (Phi) is 2.99. The number of aryl methyl sites for hydroxylation is 1. The van der Waals surface area contributed by atoms with Gasteiger partial charge in [0, 0.05) is 23.9 Å². The van der Waals surface area contributed by atoms with Crippen LogP contribution < -0.4 is 10.6 Å². The number of carbonyl (C=O) groups is 1. The Morgan fingerprint density at radius 2 is 2.29 bits per heavy atom. The Hall–Kier alpha value is -1.66. The lowest BCUT2D eigenvalue weighted by molar-refractivity contribution is -0.117. The molecule has 1 unspecified atom stereocenters. The number of hydrogen-bond acceptors (Lipinski definition) is 2. The van der Waals surface area contributed by atoms with Crippen LogP contribution in [0.1, 0.15) is 12.0 Å². The molecule has 0 spiro atoms. The van der Waals surface area contributed by atoms with E-state index in [0.29, 0.717) is 29.4 Å². The number of nitrogens with two attached hydrogens (primary N) is 1. The smallest absolute Gasteiger partial charge is 0.228 e. The highest BCUT2D eigenvalue weighted by Crippen LogP contribution is 2.33. The lowest BCUT2D eigenvalue weighted by atomic mass is 10.1. The van der Waals surface area contributed by atoms with Gasteiger partial charge in [-0.25, -0.2) is 0 Å². The maximum atomic E-state index is 11.8. The van der Waals surface area contributed by atoms with Gasteiger partial charge in [0.1, 0.15) is 0 Å². The zero-order chi connectivity index (χ0) is 12.6. The highest BCUT2D eigenvalue weighted by atomic mass is 35.5. The summed E-state index contributed by atoms with van der Waals surface area (Å²) in [5.41, 5.74) is 7.99. The highest BCUT2D eigenvalue weighted by Gasteiger charge is 2.30. The second kappa shape index (κ2) is 4.31. The molecule has 0 aromatic heterocycles. The molecule has 1 aromatic rings. The van der Waals surface area contributed by atoms with E-state index in [1.165, 1.54) is 0 Å². The van der Waals surface area contributed by atoms with Crippen LogP contribution in [0.25, 0.3) is 0 Å². The van der Waals surface area contributed by atoms with E-state index >= 15 is 0 Å². The number of halogens is 1. The fourth-order valence-corrected chi connectivity index (χ4v) is 2.14. The van der Waals surface area contributed by atoms with Crippen LogP contribution >= 0.6 is 11.6 Å². The van der Waals surface area contributed by atoms with Crippen LogP contribution in [-0.2, 0) is 4.79 Å². The van der Waals surface area contributed by atoms with Gasteiger partial charge in [0.05, 0.1) is 11.4 Å². The summed E-state index contributed by atoms with van der Waals surface area (Å²) in [6.07, 6.45) is 5.73. The zero-order valence-electron chi connectivity index (χ0n) is 9.53. The molecular formula is C13H13ClN2O. The second-order valence-corrected chi connectivity index (χ2v) is 4.64. The molecule has 88 valence electrons. The first kappa shape index (κ1) is 11.8. The van der Waals surface area contributed by atoms with Crippen molar-refractivity contribution >= 4 is 28.9 Å². The van der Waals surface area contributed by atoms with Gasteiger partial charge in [0.15, 0.2) is 0 Å². The van der Waals surface area contributed by atoms with Crippen molar-refractivity contribution < 1.29 is 4.79 Å². The molecule has 2 N–H and O–H groups in total. The Balaban J connectivity index is 2.39. The van der Waals surface area contributed by atoms with E-state index in [9.17, 15) is 4.79 Å². The van der Waals surface area contributed by atoms with Gasteiger partial charge in [0.25, 0.3) is 0 Å². The van der Waals surface area contributed by atoms with Crippen molar-refractivity contribution in [3.05, 3.63) is 22.7 Å². The van der Waals surface area contributed by atoms with Crippen molar-refractivity contribution in [2.75, 3.05) is 17.2 Å². The third-order valence-corrected chi connectivity index (χ3v) is 3.37. The topological polar surface area (TPSA) is 46.3 Å². The van der Waals surface area contributed by atoms with E-state index in [-0.39, 0.29) is 11.8 Å². The average molecular weight is 249 g/mol. The maximum absolute atomic E-state index is 11.8. The molecule has 1 atom stereocenters. The molecule has 17 heavy (non-hydrogen) atoms. The van der Waals surface area contributed by atoms with Crippen molar-refractivity contribution in [3.63, 3.8) is 0 Å². The fraction of sp³-hybridized carbons (Fsp3) is 0.308. The molecule has 1 aromatic carbocycles. The largest absolute Gasteiger partial charge is 0.397 e. The Labute approximate surface area is 106 Å². The number of terminal acetylenes is 1. The van der Waals surface area contributed by atoms with Crippen molar-refractivity contribution in [1.82, 2.24) is 0 Å². The van der Waals surface area contributed by atoms with E-state index in [1.807, 2.05) is 13.0 Å². The predicted molar refractivity (Wildman–Crippen MR) is 69.9 cm³/mol. The van der Waals surface area contributed by atoms with E-state index in [0.717, 1.165) is 5.56 Å². The van der Waals surface area contributed by atoms with Crippen LogP contribution in [0.5, 0.6) is 0 Å². The molecule has 1 aliphatic rings. The molecule has 1 saturated heterocycles. The van der Waals surface area contributed by atoms with Gasteiger partial charge in [-0.05, 0) is 24.6 Å². The van der Waals surface area contributed by atoms with Crippen LogP contribution in [0.4, 0.5) is 11.4 Å². The lowest BCUT2D eigenvalue weighted by Crippen LogP contribution is -2.25. The molecule has 1 amide bonds. The van der Waals surface area contributed by atoms with Crippen LogP contribution in [0, 0.1) is 25.2 Å². The van der Waals surface area contributed by atoms with Gasteiger partial charge in [-0.15, -0.1) is 12.3 Å². The molecule has 0 aliphatic carbocycles. The molecule has 1 aliphatic heterocycles. The van der Waals surface area contributed by atoms with E-state index in [1.54, 1.807) is 11.0 Å². The first-order chi connectivity index (χ1) is 8.02. The number of hydrogen-bond donors (Lipinski definition) is 1. The number of nitrogens with zero attached hydrogens (tertiary/aromatic N) is 1. The summed E-state index contributed by atoms with van der Waals surface area (Å²) in [4.78, 5) is 13.5. The Morgan fingerprint density at radius 1 is 1.59 bits per heavy atom. The molecule has 1 fully saturated rings. The number of rotatable bonds is 1. The molecule has 0 bridgehead atoms. The zero-order valence-corrected chi connectivity index (χ0v) is 10.3. The van der Waals surface area contributed by atoms with Gasteiger partial charge >= 0.3 is 0 Å². The maximum Gasteiger partial charge on any atom is 0.228 e. The summed E-state index contributed by atoms with van der Waals surface area (Å²) in [6, 6.07) is 3.50. The van der Waals surface area contributed by atoms with Gasteiger partial charge in [-0.2, -0.15) is 0 Å². The van der Waals surface area contributed by atoms with Crippen molar-refractivity contribution in [3.8, 4) is 12.3 Å². The summed E-state index contributed by atoms with van der Waals surface area (Å²) in [7, 11) is 0. The van der Waals surface area contributed by atoms with Crippen molar-refractivity contribution in [1.29, 1.82) is 0 Å². The van der Waals surface area contributed by atoms with E-state index in [4.69, 9.17) is 23.8 Å². The number of carbonyl (C=O) groups excluding carboxylic acids is 1. The second-order valence-electron chi connectivity index (χ2n) is 4.23. The van der Waals surface area contributed by atoms with Gasteiger partial charge in [0.2, 0.25) is 5.91 Å². The summed E-state index contributed by atoms with van der Waals surface area (Å²) in [6.45, 7) is 2.41. The van der Waals surface area contributed by atoms with Gasteiger partial charge in [-0.3, -0.25) is 4.79 Å². The standard InChI is InChI=1S/C13H13ClN2O/c1-3-9-5-13(17)16(7-9)12-4-8(2)10(14)6-11(12)15/h1,4,6,9H,5,7,15H2,2H3. The summed E-state index contributed by atoms with van der Waals surface area (Å²) >= 11 is 5.97. The van der Waals surface area contributed by atoms with Crippen LogP contribution in [0.2, 0.25) is 5.02 Å². The van der Waals surface area contributed by atoms with Crippen molar-refractivity contribution in [2.45, 2.75) is 13.3 Å². The molecule has 1 heterocycles. The van der Waals surface area contributed by atoms with Crippen LogP contribution in [0.15, 0.2) is 12.1 Å². The normalized spacial score (nSPS) is 19.5. The SMILES string of the molecule is C#CC1CC(=O)N(c2cc(C)c(Cl)cc2N)C1. The Bertz CT molecular complexity index is 519. The molecule has 3 nitrogen and oxygen atoms in total.